The molecule has 1 aliphatic rings. The highest BCUT2D eigenvalue weighted by Crippen LogP contribution is 2.21. The van der Waals surface area contributed by atoms with Crippen LogP contribution in [0.2, 0.25) is 0 Å². The minimum Gasteiger partial charge on any atom is -0.394 e. The first-order chi connectivity index (χ1) is 7.61. The number of ether oxygens (including phenoxy) is 2. The molecule has 0 aromatic carbocycles. The smallest absolute Gasteiger partial charge is 0.186 e. The van der Waals surface area contributed by atoms with Crippen LogP contribution in [-0.2, 0) is 9.47 Å². The zero-order valence-corrected chi connectivity index (χ0v) is 8.69. The summed E-state index contributed by atoms with van der Waals surface area (Å²) in [7, 11) is 0. The summed E-state index contributed by atoms with van der Waals surface area (Å²) < 4.78 is 10.2. The predicted molar refractivity (Wildman–Crippen MR) is 53.2 cm³/mol. The van der Waals surface area contributed by atoms with Gasteiger partial charge in [0.1, 0.15) is 24.4 Å². The van der Waals surface area contributed by atoms with Gasteiger partial charge in [0, 0.05) is 6.42 Å². The maximum absolute atomic E-state index is 9.53. The van der Waals surface area contributed by atoms with Crippen molar-refractivity contribution in [1.82, 2.24) is 0 Å². The second-order valence-electron chi connectivity index (χ2n) is 3.52. The molecule has 92 valence electrons. The lowest BCUT2D eigenvalue weighted by molar-refractivity contribution is -0.300. The average Bonchev–Trinajstić information content (AvgIpc) is 2.29. The fourth-order valence-electron chi connectivity index (χ4n) is 1.44. The zero-order chi connectivity index (χ0) is 12.1. The molecular weight excluding hydrogens is 216 g/mol. The molecule has 0 unspecified atom stereocenters. The van der Waals surface area contributed by atoms with Crippen LogP contribution in [0.5, 0.6) is 0 Å². The van der Waals surface area contributed by atoms with Crippen LogP contribution in [0, 0.1) is 12.3 Å². The van der Waals surface area contributed by atoms with Gasteiger partial charge in [-0.15, -0.1) is 12.3 Å². The second-order valence-corrected chi connectivity index (χ2v) is 3.52. The molecular formula is C10H16O6. The van der Waals surface area contributed by atoms with E-state index in [1.54, 1.807) is 0 Å². The molecule has 0 bridgehead atoms. The van der Waals surface area contributed by atoms with Crippen LogP contribution in [0.3, 0.4) is 0 Å². The van der Waals surface area contributed by atoms with E-state index in [-0.39, 0.29) is 6.61 Å². The first-order valence-corrected chi connectivity index (χ1v) is 4.97. The third kappa shape index (κ3) is 2.92. The third-order valence-electron chi connectivity index (χ3n) is 2.38. The van der Waals surface area contributed by atoms with Crippen LogP contribution in [0.25, 0.3) is 0 Å². The Labute approximate surface area is 93.4 Å². The molecule has 1 aliphatic heterocycles. The molecule has 1 saturated heterocycles. The van der Waals surface area contributed by atoms with E-state index in [0.29, 0.717) is 6.42 Å². The lowest BCUT2D eigenvalue weighted by Crippen LogP contribution is -2.59. The molecule has 6 nitrogen and oxygen atoms in total. The van der Waals surface area contributed by atoms with Crippen molar-refractivity contribution in [2.45, 2.75) is 37.1 Å². The largest absolute Gasteiger partial charge is 0.394 e. The molecule has 0 saturated carbocycles. The quantitative estimate of drug-likeness (QED) is 0.325. The molecule has 0 aromatic heterocycles. The van der Waals surface area contributed by atoms with Gasteiger partial charge < -0.3 is 29.9 Å². The van der Waals surface area contributed by atoms with E-state index in [1.807, 2.05) is 0 Å². The minimum atomic E-state index is -1.42. The van der Waals surface area contributed by atoms with Crippen molar-refractivity contribution in [2.75, 3.05) is 13.2 Å². The summed E-state index contributed by atoms with van der Waals surface area (Å²) in [5, 5.41) is 37.3. The SMILES string of the molecule is C#CCCO[C@@H]1O[C@H](CO)[C@@H](O)[C@H](O)[C@H]1O. The number of aliphatic hydroxyl groups excluding tert-OH is 4. The van der Waals surface area contributed by atoms with E-state index in [2.05, 4.69) is 5.92 Å². The first-order valence-electron chi connectivity index (χ1n) is 4.97. The molecule has 4 N–H and O–H groups in total. The van der Waals surface area contributed by atoms with Crippen molar-refractivity contribution in [3.8, 4) is 12.3 Å². The highest BCUT2D eigenvalue weighted by Gasteiger charge is 2.43. The Morgan fingerprint density at radius 1 is 1.19 bits per heavy atom. The molecule has 1 rings (SSSR count). The fraction of sp³-hybridized carbons (Fsp3) is 0.800. The molecule has 6 heteroatoms. The molecule has 1 fully saturated rings. The van der Waals surface area contributed by atoms with E-state index in [4.69, 9.17) is 21.0 Å². The first kappa shape index (κ1) is 13.4. The van der Waals surface area contributed by atoms with Crippen LogP contribution in [0.1, 0.15) is 6.42 Å². The normalized spacial score (nSPS) is 39.3. The molecule has 5 atom stereocenters. The summed E-state index contributed by atoms with van der Waals surface area (Å²) in [6.07, 6.45) is -0.831. The standard InChI is InChI=1S/C10H16O6/c1-2-3-4-15-10-9(14)8(13)7(12)6(5-11)16-10/h1,6-14H,3-5H2/t6-,7-,8+,9-,10-/m1/s1. The van der Waals surface area contributed by atoms with Crippen molar-refractivity contribution in [3.63, 3.8) is 0 Å². The number of hydrogen-bond acceptors (Lipinski definition) is 6. The summed E-state index contributed by atoms with van der Waals surface area (Å²) in [5.41, 5.74) is 0. The summed E-state index contributed by atoms with van der Waals surface area (Å²) in [6, 6.07) is 0. The van der Waals surface area contributed by atoms with Gasteiger partial charge in [-0.25, -0.2) is 0 Å². The van der Waals surface area contributed by atoms with E-state index in [1.165, 1.54) is 0 Å². The topological polar surface area (TPSA) is 99.4 Å². The van der Waals surface area contributed by atoms with Crippen LogP contribution in [0.4, 0.5) is 0 Å². The number of hydrogen-bond donors (Lipinski definition) is 4. The number of terminal acetylenes is 1. The van der Waals surface area contributed by atoms with Crippen LogP contribution in [-0.4, -0.2) is 64.3 Å². The van der Waals surface area contributed by atoms with E-state index < -0.39 is 37.3 Å². The maximum atomic E-state index is 9.53. The molecule has 0 aliphatic carbocycles. The van der Waals surface area contributed by atoms with Crippen molar-refractivity contribution in [3.05, 3.63) is 0 Å². The summed E-state index contributed by atoms with van der Waals surface area (Å²) >= 11 is 0. The lowest BCUT2D eigenvalue weighted by Gasteiger charge is -2.39. The lowest BCUT2D eigenvalue weighted by atomic mass is 9.99. The van der Waals surface area contributed by atoms with Crippen molar-refractivity contribution in [1.29, 1.82) is 0 Å². The van der Waals surface area contributed by atoms with E-state index in [0.717, 1.165) is 0 Å². The highest BCUT2D eigenvalue weighted by molar-refractivity contribution is 4.89. The van der Waals surface area contributed by atoms with Gasteiger partial charge in [-0.05, 0) is 0 Å². The Hall–Kier alpha value is -0.680. The van der Waals surface area contributed by atoms with Gasteiger partial charge in [-0.2, -0.15) is 0 Å². The van der Waals surface area contributed by atoms with Gasteiger partial charge in [-0.3, -0.25) is 0 Å². The van der Waals surface area contributed by atoms with Crippen LogP contribution < -0.4 is 0 Å². The molecule has 16 heavy (non-hydrogen) atoms. The molecule has 0 radical (unpaired) electrons. The van der Waals surface area contributed by atoms with Gasteiger partial charge in [0.25, 0.3) is 0 Å². The summed E-state index contributed by atoms with van der Waals surface area (Å²) in [5.74, 6) is 2.34. The molecule has 1 heterocycles. The Morgan fingerprint density at radius 2 is 1.88 bits per heavy atom. The summed E-state index contributed by atoms with van der Waals surface area (Å²) in [4.78, 5) is 0. The maximum Gasteiger partial charge on any atom is 0.186 e. The minimum absolute atomic E-state index is 0.166. The number of rotatable bonds is 4. The van der Waals surface area contributed by atoms with Crippen LogP contribution in [0.15, 0.2) is 0 Å². The Morgan fingerprint density at radius 3 is 2.44 bits per heavy atom. The van der Waals surface area contributed by atoms with Gasteiger partial charge in [0.05, 0.1) is 13.2 Å². The van der Waals surface area contributed by atoms with E-state index >= 15 is 0 Å². The fourth-order valence-corrected chi connectivity index (χ4v) is 1.44. The van der Waals surface area contributed by atoms with Gasteiger partial charge in [-0.1, -0.05) is 0 Å². The molecule has 0 aromatic rings. The Balaban J connectivity index is 2.54. The third-order valence-corrected chi connectivity index (χ3v) is 2.38. The monoisotopic (exact) mass is 232 g/mol. The van der Waals surface area contributed by atoms with Crippen molar-refractivity contribution >= 4 is 0 Å². The molecule has 0 spiro atoms. The average molecular weight is 232 g/mol. The second kappa shape index (κ2) is 6.15. The van der Waals surface area contributed by atoms with Gasteiger partial charge in [0.15, 0.2) is 6.29 Å². The van der Waals surface area contributed by atoms with Crippen molar-refractivity contribution < 1.29 is 29.9 Å². The number of aliphatic hydroxyl groups is 4. The highest BCUT2D eigenvalue weighted by atomic mass is 16.7. The zero-order valence-electron chi connectivity index (χ0n) is 8.69. The van der Waals surface area contributed by atoms with Gasteiger partial charge >= 0.3 is 0 Å². The Bertz CT molecular complexity index is 248. The van der Waals surface area contributed by atoms with Crippen LogP contribution >= 0.6 is 0 Å². The van der Waals surface area contributed by atoms with E-state index in [9.17, 15) is 15.3 Å². The predicted octanol–water partition coefficient (Wildman–Crippen LogP) is -2.17. The molecule has 0 amide bonds. The summed E-state index contributed by atoms with van der Waals surface area (Å²) in [6.45, 7) is -0.306. The van der Waals surface area contributed by atoms with Gasteiger partial charge in [0.2, 0.25) is 0 Å². The van der Waals surface area contributed by atoms with Crippen molar-refractivity contribution in [2.24, 2.45) is 0 Å². The Kier molecular flexibility index (Phi) is 5.15.